The van der Waals surface area contributed by atoms with Crippen LogP contribution in [0.5, 0.6) is 0 Å². The average molecular weight is 340 g/mol. The largest absolute Gasteiger partial charge is 0.459 e. The van der Waals surface area contributed by atoms with Crippen molar-refractivity contribution in [1.29, 1.82) is 0 Å². The second-order valence-electron chi connectivity index (χ2n) is 7.16. The summed E-state index contributed by atoms with van der Waals surface area (Å²) < 4.78 is 5.28. The van der Waals surface area contributed by atoms with Gasteiger partial charge >= 0.3 is 0 Å². The van der Waals surface area contributed by atoms with Gasteiger partial charge in [-0.15, -0.1) is 0 Å². The second-order valence-corrected chi connectivity index (χ2v) is 7.16. The molecule has 3 rings (SSSR count). The smallest absolute Gasteiger partial charge is 0.289 e. The van der Waals surface area contributed by atoms with Crippen LogP contribution in [0.15, 0.2) is 47.1 Å². The maximum absolute atomic E-state index is 12.6. The Morgan fingerprint density at radius 2 is 1.92 bits per heavy atom. The molecule has 2 heterocycles. The van der Waals surface area contributed by atoms with Gasteiger partial charge < -0.3 is 9.32 Å². The van der Waals surface area contributed by atoms with Crippen LogP contribution in [-0.2, 0) is 6.42 Å². The van der Waals surface area contributed by atoms with E-state index in [1.807, 2.05) is 4.90 Å². The second kappa shape index (κ2) is 7.87. The third kappa shape index (κ3) is 4.13. The lowest BCUT2D eigenvalue weighted by atomic mass is 10.0. The van der Waals surface area contributed by atoms with E-state index in [9.17, 15) is 4.79 Å². The monoisotopic (exact) mass is 340 g/mol. The van der Waals surface area contributed by atoms with E-state index in [0.717, 1.165) is 32.5 Å². The van der Waals surface area contributed by atoms with E-state index in [4.69, 9.17) is 4.42 Å². The minimum Gasteiger partial charge on any atom is -0.459 e. The summed E-state index contributed by atoms with van der Waals surface area (Å²) in [5.74, 6) is 0.441. The van der Waals surface area contributed by atoms with Crippen LogP contribution in [0.4, 0.5) is 0 Å². The minimum atomic E-state index is 0.00362. The van der Waals surface area contributed by atoms with Crippen molar-refractivity contribution in [2.75, 3.05) is 19.6 Å². The first kappa shape index (κ1) is 17.7. The van der Waals surface area contributed by atoms with Gasteiger partial charge in [-0.3, -0.25) is 9.69 Å². The summed E-state index contributed by atoms with van der Waals surface area (Å²) in [5.41, 5.74) is 2.81. The highest BCUT2D eigenvalue weighted by atomic mass is 16.3. The molecule has 1 saturated heterocycles. The summed E-state index contributed by atoms with van der Waals surface area (Å²) in [6.45, 7) is 9.26. The van der Waals surface area contributed by atoms with E-state index >= 15 is 0 Å². The molecule has 4 nitrogen and oxygen atoms in total. The SMILES string of the molecule is Cc1ccccc1CCCN1C[C@H](C)N(C(=O)c2ccco2)C[C@H]1C. The first-order chi connectivity index (χ1) is 12.1. The number of piperazine rings is 1. The van der Waals surface area contributed by atoms with Gasteiger partial charge in [0.2, 0.25) is 0 Å². The number of hydrogen-bond acceptors (Lipinski definition) is 3. The fourth-order valence-electron chi connectivity index (χ4n) is 3.70. The molecule has 25 heavy (non-hydrogen) atoms. The summed E-state index contributed by atoms with van der Waals surface area (Å²) in [5, 5.41) is 0. The molecule has 4 heteroatoms. The van der Waals surface area contributed by atoms with Gasteiger partial charge in [-0.2, -0.15) is 0 Å². The summed E-state index contributed by atoms with van der Waals surface area (Å²) in [7, 11) is 0. The number of amides is 1. The molecule has 1 aliphatic heterocycles. The normalized spacial score (nSPS) is 21.5. The summed E-state index contributed by atoms with van der Waals surface area (Å²) in [6, 6.07) is 12.7. The molecule has 0 saturated carbocycles. The predicted octanol–water partition coefficient (Wildman–Crippen LogP) is 3.76. The molecule has 0 aliphatic carbocycles. The van der Waals surface area contributed by atoms with Crippen molar-refractivity contribution < 1.29 is 9.21 Å². The Hall–Kier alpha value is -2.07. The molecular weight excluding hydrogens is 312 g/mol. The zero-order chi connectivity index (χ0) is 17.8. The Labute approximate surface area is 150 Å². The fraction of sp³-hybridized carbons (Fsp3) is 0.476. The zero-order valence-corrected chi connectivity index (χ0v) is 15.4. The first-order valence-electron chi connectivity index (χ1n) is 9.19. The van der Waals surface area contributed by atoms with Gasteiger partial charge in [0.25, 0.3) is 5.91 Å². The van der Waals surface area contributed by atoms with Crippen molar-refractivity contribution in [3.8, 4) is 0 Å². The van der Waals surface area contributed by atoms with E-state index in [2.05, 4.69) is 49.9 Å². The van der Waals surface area contributed by atoms with Gasteiger partial charge in [0, 0.05) is 25.2 Å². The van der Waals surface area contributed by atoms with Crippen molar-refractivity contribution in [2.24, 2.45) is 0 Å². The Balaban J connectivity index is 1.53. The Morgan fingerprint density at radius 3 is 2.64 bits per heavy atom. The van der Waals surface area contributed by atoms with Crippen LogP contribution >= 0.6 is 0 Å². The number of nitrogens with zero attached hydrogens (tertiary/aromatic N) is 2. The Morgan fingerprint density at radius 1 is 1.12 bits per heavy atom. The molecule has 0 spiro atoms. The lowest BCUT2D eigenvalue weighted by Crippen LogP contribution is -2.58. The predicted molar refractivity (Wildman–Crippen MR) is 99.7 cm³/mol. The van der Waals surface area contributed by atoms with Gasteiger partial charge in [-0.25, -0.2) is 0 Å². The molecule has 1 aliphatic rings. The molecule has 0 bridgehead atoms. The number of carbonyl (C=O) groups is 1. The van der Waals surface area contributed by atoms with Crippen molar-refractivity contribution in [3.05, 3.63) is 59.5 Å². The van der Waals surface area contributed by atoms with Gasteiger partial charge in [0.1, 0.15) is 0 Å². The molecule has 0 radical (unpaired) electrons. The van der Waals surface area contributed by atoms with Gasteiger partial charge in [0.15, 0.2) is 5.76 Å². The van der Waals surface area contributed by atoms with Crippen LogP contribution < -0.4 is 0 Å². The number of aryl methyl sites for hydroxylation is 2. The van der Waals surface area contributed by atoms with Crippen LogP contribution in [0.25, 0.3) is 0 Å². The molecule has 2 atom stereocenters. The van der Waals surface area contributed by atoms with Gasteiger partial charge in [-0.1, -0.05) is 24.3 Å². The highest BCUT2D eigenvalue weighted by molar-refractivity contribution is 5.91. The molecule has 1 amide bonds. The fourth-order valence-corrected chi connectivity index (χ4v) is 3.70. The summed E-state index contributed by atoms with van der Waals surface area (Å²) >= 11 is 0. The van der Waals surface area contributed by atoms with Crippen molar-refractivity contribution in [3.63, 3.8) is 0 Å². The molecule has 2 aromatic rings. The van der Waals surface area contributed by atoms with E-state index < -0.39 is 0 Å². The van der Waals surface area contributed by atoms with Crippen LogP contribution in [0.2, 0.25) is 0 Å². The molecular formula is C21H28N2O2. The third-order valence-corrected chi connectivity index (χ3v) is 5.26. The van der Waals surface area contributed by atoms with Crippen LogP contribution in [0.1, 0.15) is 41.9 Å². The maximum atomic E-state index is 12.6. The molecule has 0 unspecified atom stereocenters. The topological polar surface area (TPSA) is 36.7 Å². The molecule has 134 valence electrons. The number of carbonyl (C=O) groups excluding carboxylic acids is 1. The van der Waals surface area contributed by atoms with Crippen LogP contribution in [-0.4, -0.2) is 47.4 Å². The third-order valence-electron chi connectivity index (χ3n) is 5.26. The van der Waals surface area contributed by atoms with Crippen molar-refractivity contribution in [1.82, 2.24) is 9.80 Å². The Kier molecular flexibility index (Phi) is 5.59. The van der Waals surface area contributed by atoms with Crippen LogP contribution in [0.3, 0.4) is 0 Å². The average Bonchev–Trinajstić information content (AvgIpc) is 3.13. The van der Waals surface area contributed by atoms with Gasteiger partial charge in [0.05, 0.1) is 6.26 Å². The van der Waals surface area contributed by atoms with Gasteiger partial charge in [-0.05, 0) is 63.4 Å². The summed E-state index contributed by atoms with van der Waals surface area (Å²) in [4.78, 5) is 17.0. The van der Waals surface area contributed by atoms with Crippen molar-refractivity contribution in [2.45, 2.75) is 45.7 Å². The van der Waals surface area contributed by atoms with E-state index in [1.54, 1.807) is 18.4 Å². The van der Waals surface area contributed by atoms with E-state index in [0.29, 0.717) is 11.8 Å². The molecule has 0 N–H and O–H groups in total. The summed E-state index contributed by atoms with van der Waals surface area (Å²) in [6.07, 6.45) is 3.82. The minimum absolute atomic E-state index is 0.00362. The lowest BCUT2D eigenvalue weighted by molar-refractivity contribution is 0.0290. The lowest BCUT2D eigenvalue weighted by Gasteiger charge is -2.44. The number of hydrogen-bond donors (Lipinski definition) is 0. The highest BCUT2D eigenvalue weighted by Gasteiger charge is 2.32. The number of furan rings is 1. The highest BCUT2D eigenvalue weighted by Crippen LogP contribution is 2.19. The molecule has 1 fully saturated rings. The number of rotatable bonds is 5. The Bertz CT molecular complexity index is 696. The zero-order valence-electron chi connectivity index (χ0n) is 15.4. The van der Waals surface area contributed by atoms with E-state index in [1.165, 1.54) is 11.1 Å². The standard InChI is InChI=1S/C21H28N2O2/c1-16-8-4-5-9-19(16)10-6-12-22-14-18(3)23(15-17(22)2)21(24)20-11-7-13-25-20/h4-5,7-9,11,13,17-18H,6,10,12,14-15H2,1-3H3/t17-,18+/m1/s1. The molecule has 1 aromatic carbocycles. The van der Waals surface area contributed by atoms with Crippen molar-refractivity contribution >= 4 is 5.91 Å². The number of benzene rings is 1. The first-order valence-corrected chi connectivity index (χ1v) is 9.19. The maximum Gasteiger partial charge on any atom is 0.289 e. The quantitative estimate of drug-likeness (QED) is 0.832. The van der Waals surface area contributed by atoms with Crippen LogP contribution in [0, 0.1) is 6.92 Å². The van der Waals surface area contributed by atoms with E-state index in [-0.39, 0.29) is 11.9 Å². The molecule has 1 aromatic heterocycles.